The first-order valence-corrected chi connectivity index (χ1v) is 7.97. The van der Waals surface area contributed by atoms with Gasteiger partial charge in [-0.2, -0.15) is 0 Å². The maximum atomic E-state index is 5.07. The Labute approximate surface area is 121 Å². The standard InChI is InChI=1S/C15H28N2OS/c1-11(2)8-14(10-16-6-7-18-5)9-15-17-12(3)13(4)19-15/h11,14,16H,6-10H2,1-5H3. The van der Waals surface area contributed by atoms with Crippen molar-refractivity contribution in [2.24, 2.45) is 11.8 Å². The highest BCUT2D eigenvalue weighted by molar-refractivity contribution is 7.11. The molecule has 1 heterocycles. The third kappa shape index (κ3) is 6.50. The highest BCUT2D eigenvalue weighted by atomic mass is 32.1. The summed E-state index contributed by atoms with van der Waals surface area (Å²) in [6, 6.07) is 0. The average molecular weight is 284 g/mol. The fraction of sp³-hybridized carbons (Fsp3) is 0.800. The molecule has 1 aromatic rings. The molecule has 0 aliphatic carbocycles. The van der Waals surface area contributed by atoms with E-state index in [1.165, 1.54) is 22.0 Å². The first-order valence-electron chi connectivity index (χ1n) is 7.15. The minimum Gasteiger partial charge on any atom is -0.383 e. The van der Waals surface area contributed by atoms with Crippen LogP contribution in [0.25, 0.3) is 0 Å². The fourth-order valence-electron chi connectivity index (χ4n) is 2.26. The largest absolute Gasteiger partial charge is 0.383 e. The molecular weight excluding hydrogens is 256 g/mol. The van der Waals surface area contributed by atoms with Crippen LogP contribution in [0, 0.1) is 25.7 Å². The normalized spacial score (nSPS) is 13.2. The summed E-state index contributed by atoms with van der Waals surface area (Å²) in [5.74, 6) is 1.40. The third-order valence-electron chi connectivity index (χ3n) is 3.26. The first-order chi connectivity index (χ1) is 9.02. The van der Waals surface area contributed by atoms with Gasteiger partial charge < -0.3 is 10.1 Å². The lowest BCUT2D eigenvalue weighted by atomic mass is 9.94. The highest BCUT2D eigenvalue weighted by Gasteiger charge is 2.14. The molecule has 0 spiro atoms. The molecule has 0 saturated carbocycles. The molecule has 1 unspecified atom stereocenters. The summed E-state index contributed by atoms with van der Waals surface area (Å²) in [4.78, 5) is 6.02. The van der Waals surface area contributed by atoms with E-state index >= 15 is 0 Å². The third-order valence-corrected chi connectivity index (χ3v) is 4.35. The summed E-state index contributed by atoms with van der Waals surface area (Å²) >= 11 is 1.85. The lowest BCUT2D eigenvalue weighted by Gasteiger charge is -2.18. The Bertz CT molecular complexity index is 344. The van der Waals surface area contributed by atoms with Crippen LogP contribution >= 0.6 is 11.3 Å². The van der Waals surface area contributed by atoms with Crippen LogP contribution in [0.15, 0.2) is 0 Å². The van der Waals surface area contributed by atoms with E-state index in [0.717, 1.165) is 32.0 Å². The number of nitrogens with zero attached hydrogens (tertiary/aromatic N) is 1. The molecule has 4 heteroatoms. The minimum atomic E-state index is 0.668. The van der Waals surface area contributed by atoms with Crippen molar-refractivity contribution in [2.75, 3.05) is 26.8 Å². The van der Waals surface area contributed by atoms with Crippen LogP contribution in [0.3, 0.4) is 0 Å². The van der Waals surface area contributed by atoms with E-state index in [0.29, 0.717) is 5.92 Å². The van der Waals surface area contributed by atoms with Crippen LogP contribution in [-0.4, -0.2) is 31.8 Å². The van der Waals surface area contributed by atoms with E-state index in [-0.39, 0.29) is 0 Å². The van der Waals surface area contributed by atoms with Crippen molar-refractivity contribution in [2.45, 2.75) is 40.5 Å². The summed E-state index contributed by atoms with van der Waals surface area (Å²) in [5, 5.41) is 4.77. The van der Waals surface area contributed by atoms with Crippen molar-refractivity contribution in [1.82, 2.24) is 10.3 Å². The Balaban J connectivity index is 2.48. The maximum Gasteiger partial charge on any atom is 0.0934 e. The lowest BCUT2D eigenvalue weighted by Crippen LogP contribution is -2.28. The van der Waals surface area contributed by atoms with Gasteiger partial charge in [0, 0.05) is 25.0 Å². The molecule has 0 saturated heterocycles. The van der Waals surface area contributed by atoms with Gasteiger partial charge in [0.1, 0.15) is 0 Å². The molecule has 19 heavy (non-hydrogen) atoms. The predicted octanol–water partition coefficient (Wildman–Crippen LogP) is 3.20. The average Bonchev–Trinajstić information content (AvgIpc) is 2.63. The number of hydrogen-bond acceptors (Lipinski definition) is 4. The van der Waals surface area contributed by atoms with Gasteiger partial charge in [-0.3, -0.25) is 0 Å². The molecule has 0 bridgehead atoms. The maximum absolute atomic E-state index is 5.07. The molecule has 1 atom stereocenters. The summed E-state index contributed by atoms with van der Waals surface area (Å²) in [5.41, 5.74) is 1.19. The van der Waals surface area contributed by atoms with Crippen LogP contribution in [0.5, 0.6) is 0 Å². The van der Waals surface area contributed by atoms with Crippen LogP contribution in [0.4, 0.5) is 0 Å². The topological polar surface area (TPSA) is 34.1 Å². The number of rotatable bonds is 9. The van der Waals surface area contributed by atoms with E-state index in [4.69, 9.17) is 4.74 Å². The van der Waals surface area contributed by atoms with Crippen molar-refractivity contribution < 1.29 is 4.74 Å². The molecule has 1 aromatic heterocycles. The Morgan fingerprint density at radius 1 is 1.32 bits per heavy atom. The van der Waals surface area contributed by atoms with Gasteiger partial charge in [0.2, 0.25) is 0 Å². The molecule has 110 valence electrons. The Hall–Kier alpha value is -0.450. The summed E-state index contributed by atoms with van der Waals surface area (Å²) < 4.78 is 5.07. The van der Waals surface area contributed by atoms with Crippen molar-refractivity contribution in [3.05, 3.63) is 15.6 Å². The number of thiazole rings is 1. The zero-order valence-electron chi connectivity index (χ0n) is 13.0. The van der Waals surface area contributed by atoms with E-state index in [9.17, 15) is 0 Å². The second kappa shape index (κ2) is 8.67. The van der Waals surface area contributed by atoms with E-state index < -0.39 is 0 Å². The molecule has 3 nitrogen and oxygen atoms in total. The molecule has 0 fully saturated rings. The SMILES string of the molecule is COCCNCC(Cc1nc(C)c(C)s1)CC(C)C. The smallest absolute Gasteiger partial charge is 0.0934 e. The molecule has 0 amide bonds. The number of ether oxygens (including phenoxy) is 1. The highest BCUT2D eigenvalue weighted by Crippen LogP contribution is 2.22. The van der Waals surface area contributed by atoms with Gasteiger partial charge in [0.15, 0.2) is 0 Å². The van der Waals surface area contributed by atoms with E-state index in [1.54, 1.807) is 7.11 Å². The van der Waals surface area contributed by atoms with Crippen molar-refractivity contribution in [1.29, 1.82) is 0 Å². The van der Waals surface area contributed by atoms with E-state index in [2.05, 4.69) is 38.0 Å². The molecular formula is C15H28N2OS. The minimum absolute atomic E-state index is 0.668. The number of nitrogens with one attached hydrogen (secondary N) is 1. The Morgan fingerprint density at radius 3 is 2.58 bits per heavy atom. The van der Waals surface area contributed by atoms with Gasteiger partial charge in [0.25, 0.3) is 0 Å². The quantitative estimate of drug-likeness (QED) is 0.707. The molecule has 0 aromatic carbocycles. The number of aryl methyl sites for hydroxylation is 2. The van der Waals surface area contributed by atoms with Gasteiger partial charge in [-0.25, -0.2) is 4.98 Å². The van der Waals surface area contributed by atoms with Crippen LogP contribution in [-0.2, 0) is 11.2 Å². The van der Waals surface area contributed by atoms with E-state index in [1.807, 2.05) is 11.3 Å². The second-order valence-corrected chi connectivity index (χ2v) is 6.93. The molecule has 1 rings (SSSR count). The number of hydrogen-bond donors (Lipinski definition) is 1. The predicted molar refractivity (Wildman–Crippen MR) is 83.0 cm³/mol. The molecule has 0 aliphatic heterocycles. The Kier molecular flexibility index (Phi) is 7.57. The number of aromatic nitrogens is 1. The first kappa shape index (κ1) is 16.6. The molecule has 0 radical (unpaired) electrons. The van der Waals surface area contributed by atoms with Crippen molar-refractivity contribution in [3.63, 3.8) is 0 Å². The van der Waals surface area contributed by atoms with Crippen molar-refractivity contribution >= 4 is 11.3 Å². The van der Waals surface area contributed by atoms with Crippen LogP contribution in [0.1, 0.15) is 35.8 Å². The van der Waals surface area contributed by atoms with Crippen molar-refractivity contribution in [3.8, 4) is 0 Å². The van der Waals surface area contributed by atoms with Gasteiger partial charge in [0.05, 0.1) is 17.3 Å². The van der Waals surface area contributed by atoms with Gasteiger partial charge in [-0.1, -0.05) is 13.8 Å². The summed E-state index contributed by atoms with van der Waals surface area (Å²) in [7, 11) is 1.74. The molecule has 0 aliphatic rings. The van der Waals surface area contributed by atoms with Gasteiger partial charge >= 0.3 is 0 Å². The summed E-state index contributed by atoms with van der Waals surface area (Å²) in [6.07, 6.45) is 2.34. The molecule has 1 N–H and O–H groups in total. The monoisotopic (exact) mass is 284 g/mol. The number of methoxy groups -OCH3 is 1. The zero-order valence-corrected chi connectivity index (χ0v) is 13.8. The lowest BCUT2D eigenvalue weighted by molar-refractivity contribution is 0.197. The van der Waals surface area contributed by atoms with Crippen LogP contribution < -0.4 is 5.32 Å². The summed E-state index contributed by atoms with van der Waals surface area (Å²) in [6.45, 7) is 11.6. The Morgan fingerprint density at radius 2 is 2.05 bits per heavy atom. The zero-order chi connectivity index (χ0) is 14.3. The van der Waals surface area contributed by atoms with Gasteiger partial charge in [-0.15, -0.1) is 11.3 Å². The van der Waals surface area contributed by atoms with Gasteiger partial charge in [-0.05, 0) is 38.6 Å². The second-order valence-electron chi connectivity index (χ2n) is 5.65. The fourth-order valence-corrected chi connectivity index (χ4v) is 3.31. The van der Waals surface area contributed by atoms with Crippen LogP contribution in [0.2, 0.25) is 0 Å².